The van der Waals surface area contributed by atoms with Gasteiger partial charge >= 0.3 is 0 Å². The Labute approximate surface area is 129 Å². The molecule has 0 aliphatic carbocycles. The Hall–Kier alpha value is -3.01. The minimum absolute atomic E-state index is 0.608. The summed E-state index contributed by atoms with van der Waals surface area (Å²) in [5, 5.41) is 11.7. The van der Waals surface area contributed by atoms with Crippen LogP contribution in [0.15, 0.2) is 89.1 Å². The van der Waals surface area contributed by atoms with Crippen LogP contribution < -0.4 is 5.32 Å². The number of benzene rings is 2. The van der Waals surface area contributed by atoms with E-state index in [0.29, 0.717) is 12.4 Å². The van der Waals surface area contributed by atoms with E-state index >= 15 is 0 Å². The molecule has 0 saturated heterocycles. The molecule has 108 valence electrons. The maximum absolute atomic E-state index is 4.48. The van der Waals surface area contributed by atoms with Gasteiger partial charge in [0.1, 0.15) is 0 Å². The monoisotopic (exact) mass is 288 g/mol. The zero-order chi connectivity index (χ0) is 15.0. The van der Waals surface area contributed by atoms with Crippen molar-refractivity contribution in [1.29, 1.82) is 0 Å². The van der Waals surface area contributed by atoms with Crippen molar-refractivity contribution < 1.29 is 0 Å². The van der Waals surface area contributed by atoms with E-state index in [-0.39, 0.29) is 0 Å². The molecule has 0 atom stereocenters. The Kier molecular flexibility index (Phi) is 4.52. The van der Waals surface area contributed by atoms with Gasteiger partial charge in [-0.25, -0.2) is 4.98 Å². The van der Waals surface area contributed by atoms with Crippen molar-refractivity contribution in [3.05, 3.63) is 84.6 Å². The molecule has 0 bridgehead atoms. The molecule has 0 aliphatic heterocycles. The van der Waals surface area contributed by atoms with Crippen LogP contribution in [0, 0.1) is 0 Å². The van der Waals surface area contributed by atoms with Gasteiger partial charge in [0.15, 0.2) is 5.82 Å². The summed E-state index contributed by atoms with van der Waals surface area (Å²) in [6.07, 6.45) is 0. The molecule has 0 unspecified atom stereocenters. The van der Waals surface area contributed by atoms with Gasteiger partial charge in [0.05, 0.1) is 17.9 Å². The number of aromatic nitrogens is 1. The lowest BCUT2D eigenvalue weighted by Crippen LogP contribution is -2.00. The molecular weight excluding hydrogens is 272 g/mol. The van der Waals surface area contributed by atoms with Crippen LogP contribution in [0.4, 0.5) is 17.2 Å². The maximum Gasteiger partial charge on any atom is 0.174 e. The summed E-state index contributed by atoms with van der Waals surface area (Å²) in [4.78, 5) is 4.48. The van der Waals surface area contributed by atoms with Crippen LogP contribution in [-0.2, 0) is 6.54 Å². The van der Waals surface area contributed by atoms with Gasteiger partial charge in [-0.3, -0.25) is 0 Å². The lowest BCUT2D eigenvalue weighted by molar-refractivity contribution is 1.02. The standard InChI is InChI=1S/C18H16N4/c1-3-8-15(9-4-1)19-14-17-12-7-13-18(20-17)22-21-16-10-5-2-6-11-16/h1-13,19H,14H2. The maximum atomic E-state index is 4.48. The number of rotatable bonds is 5. The van der Waals surface area contributed by atoms with Crippen molar-refractivity contribution in [2.75, 3.05) is 5.32 Å². The van der Waals surface area contributed by atoms with Gasteiger partial charge in [0.2, 0.25) is 0 Å². The highest BCUT2D eigenvalue weighted by molar-refractivity contribution is 5.43. The second-order valence-electron chi connectivity index (χ2n) is 4.74. The molecule has 22 heavy (non-hydrogen) atoms. The normalized spacial score (nSPS) is 10.7. The molecule has 0 aliphatic rings. The number of hydrogen-bond acceptors (Lipinski definition) is 4. The lowest BCUT2D eigenvalue weighted by Gasteiger charge is -2.05. The summed E-state index contributed by atoms with van der Waals surface area (Å²) in [5.74, 6) is 0.608. The highest BCUT2D eigenvalue weighted by atomic mass is 15.1. The van der Waals surface area contributed by atoms with Gasteiger partial charge in [0.25, 0.3) is 0 Å². The third kappa shape index (κ3) is 3.99. The first-order chi connectivity index (χ1) is 10.9. The van der Waals surface area contributed by atoms with Gasteiger partial charge in [-0.05, 0) is 36.4 Å². The predicted octanol–water partition coefficient (Wildman–Crippen LogP) is 5.11. The number of nitrogens with zero attached hydrogens (tertiary/aromatic N) is 3. The number of pyridine rings is 1. The Morgan fingerprint density at radius 2 is 1.45 bits per heavy atom. The van der Waals surface area contributed by atoms with E-state index in [0.717, 1.165) is 17.1 Å². The van der Waals surface area contributed by atoms with E-state index in [1.807, 2.05) is 78.9 Å². The Balaban J connectivity index is 1.66. The fourth-order valence-electron chi connectivity index (χ4n) is 1.97. The largest absolute Gasteiger partial charge is 0.379 e. The molecule has 0 saturated carbocycles. The molecule has 2 aromatic carbocycles. The third-order valence-electron chi connectivity index (χ3n) is 3.06. The quantitative estimate of drug-likeness (QED) is 0.663. The predicted molar refractivity (Wildman–Crippen MR) is 88.6 cm³/mol. The van der Waals surface area contributed by atoms with Crippen molar-refractivity contribution in [3.8, 4) is 0 Å². The van der Waals surface area contributed by atoms with Crippen LogP contribution in [0.1, 0.15) is 5.69 Å². The molecule has 0 radical (unpaired) electrons. The first kappa shape index (κ1) is 13.9. The molecule has 4 heteroatoms. The summed E-state index contributed by atoms with van der Waals surface area (Å²) < 4.78 is 0. The van der Waals surface area contributed by atoms with Crippen LogP contribution in [0.5, 0.6) is 0 Å². The van der Waals surface area contributed by atoms with Crippen molar-refractivity contribution in [2.24, 2.45) is 10.2 Å². The van der Waals surface area contributed by atoms with E-state index in [4.69, 9.17) is 0 Å². The smallest absolute Gasteiger partial charge is 0.174 e. The average Bonchev–Trinajstić information content (AvgIpc) is 2.60. The van der Waals surface area contributed by atoms with Crippen molar-refractivity contribution in [3.63, 3.8) is 0 Å². The Bertz CT molecular complexity index is 739. The van der Waals surface area contributed by atoms with Gasteiger partial charge in [0, 0.05) is 5.69 Å². The first-order valence-corrected chi connectivity index (χ1v) is 7.12. The fourth-order valence-corrected chi connectivity index (χ4v) is 1.97. The molecule has 1 N–H and O–H groups in total. The summed E-state index contributed by atoms with van der Waals surface area (Å²) >= 11 is 0. The summed E-state index contributed by atoms with van der Waals surface area (Å²) in [6.45, 7) is 0.651. The Morgan fingerprint density at radius 3 is 2.23 bits per heavy atom. The molecule has 1 heterocycles. The average molecular weight is 288 g/mol. The number of anilines is 1. The number of para-hydroxylation sites is 1. The molecule has 4 nitrogen and oxygen atoms in total. The van der Waals surface area contributed by atoms with Gasteiger partial charge in [-0.15, -0.1) is 10.2 Å². The summed E-state index contributed by atoms with van der Waals surface area (Å²) in [7, 11) is 0. The van der Waals surface area contributed by atoms with Crippen LogP contribution in [0.25, 0.3) is 0 Å². The summed E-state index contributed by atoms with van der Waals surface area (Å²) in [6, 6.07) is 25.4. The van der Waals surface area contributed by atoms with Gasteiger partial charge in [-0.1, -0.05) is 42.5 Å². The minimum atomic E-state index is 0.608. The van der Waals surface area contributed by atoms with E-state index in [1.54, 1.807) is 0 Å². The lowest BCUT2D eigenvalue weighted by atomic mass is 10.3. The van der Waals surface area contributed by atoms with E-state index in [9.17, 15) is 0 Å². The number of azo groups is 1. The molecule has 3 rings (SSSR count). The van der Waals surface area contributed by atoms with Crippen molar-refractivity contribution in [2.45, 2.75) is 6.54 Å². The molecular formula is C18H16N4. The van der Waals surface area contributed by atoms with Crippen LogP contribution in [0.3, 0.4) is 0 Å². The molecule has 0 amide bonds. The SMILES string of the molecule is c1ccc(N=Nc2cccc(CNc3ccccc3)n2)cc1. The minimum Gasteiger partial charge on any atom is -0.379 e. The van der Waals surface area contributed by atoms with E-state index < -0.39 is 0 Å². The molecule has 3 aromatic rings. The van der Waals surface area contributed by atoms with Crippen LogP contribution in [0.2, 0.25) is 0 Å². The van der Waals surface area contributed by atoms with Gasteiger partial charge in [-0.2, -0.15) is 0 Å². The topological polar surface area (TPSA) is 49.6 Å². The molecule has 1 aromatic heterocycles. The number of hydrogen-bond donors (Lipinski definition) is 1. The van der Waals surface area contributed by atoms with Gasteiger partial charge < -0.3 is 5.32 Å². The molecule has 0 spiro atoms. The molecule has 0 fully saturated rings. The summed E-state index contributed by atoms with van der Waals surface area (Å²) in [5.41, 5.74) is 2.81. The van der Waals surface area contributed by atoms with Crippen molar-refractivity contribution >= 4 is 17.2 Å². The highest BCUT2D eigenvalue weighted by Crippen LogP contribution is 2.16. The second-order valence-corrected chi connectivity index (χ2v) is 4.74. The third-order valence-corrected chi connectivity index (χ3v) is 3.06. The van der Waals surface area contributed by atoms with Crippen LogP contribution in [-0.4, -0.2) is 4.98 Å². The Morgan fingerprint density at radius 1 is 0.727 bits per heavy atom. The number of nitrogens with one attached hydrogen (secondary N) is 1. The zero-order valence-electron chi connectivity index (χ0n) is 12.1. The second kappa shape index (κ2) is 7.13. The van der Waals surface area contributed by atoms with Crippen molar-refractivity contribution in [1.82, 2.24) is 4.98 Å². The zero-order valence-corrected chi connectivity index (χ0v) is 12.1. The first-order valence-electron chi connectivity index (χ1n) is 7.12. The fraction of sp³-hybridized carbons (Fsp3) is 0.0556. The van der Waals surface area contributed by atoms with Crippen LogP contribution >= 0.6 is 0 Å². The van der Waals surface area contributed by atoms with E-state index in [1.165, 1.54) is 0 Å². The van der Waals surface area contributed by atoms with E-state index in [2.05, 4.69) is 20.5 Å². The highest BCUT2D eigenvalue weighted by Gasteiger charge is 1.97.